The Bertz CT molecular complexity index is 1780. The molecule has 0 atom stereocenters. The lowest BCUT2D eigenvalue weighted by Gasteiger charge is -2.35. The maximum Gasteiger partial charge on any atom is 0.410 e. The molecule has 2 aliphatic rings. The van der Waals surface area contributed by atoms with E-state index < -0.39 is 11.2 Å². The Labute approximate surface area is 339 Å². The number of ether oxygens (including phenoxy) is 2. The monoisotopic (exact) mass is 860 g/mol. The van der Waals surface area contributed by atoms with E-state index in [0.717, 1.165) is 19.2 Å². The highest BCUT2D eigenvalue weighted by Crippen LogP contribution is 2.27. The van der Waals surface area contributed by atoms with E-state index in [1.807, 2.05) is 46.4 Å². The molecule has 2 fully saturated rings. The van der Waals surface area contributed by atoms with Crippen molar-refractivity contribution >= 4 is 64.4 Å². The highest BCUT2D eigenvalue weighted by molar-refractivity contribution is 9.10. The number of hydrogen-bond acceptors (Lipinski definition) is 12. The number of benzene rings is 2. The number of anilines is 2. The minimum atomic E-state index is -0.491. The summed E-state index contributed by atoms with van der Waals surface area (Å²) in [5, 5.41) is 0. The average Bonchev–Trinajstić information content (AvgIpc) is 3.14. The van der Waals surface area contributed by atoms with Gasteiger partial charge in [-0.3, -0.25) is 0 Å². The molecule has 0 spiro atoms. The Morgan fingerprint density at radius 1 is 0.618 bits per heavy atom. The Kier molecular flexibility index (Phi) is 15.9. The molecule has 2 aromatic heterocycles. The molecule has 55 heavy (non-hydrogen) atoms. The van der Waals surface area contributed by atoms with Crippen molar-refractivity contribution in [3.05, 3.63) is 89.4 Å². The van der Waals surface area contributed by atoms with Crippen molar-refractivity contribution in [2.45, 2.75) is 67.4 Å². The lowest BCUT2D eigenvalue weighted by molar-refractivity contribution is 0.0229. The number of nitrogens with zero attached hydrogens (tertiary/aromatic N) is 8. The molecule has 0 aliphatic carbocycles. The van der Waals surface area contributed by atoms with Crippen LogP contribution in [0.25, 0.3) is 0 Å². The summed E-state index contributed by atoms with van der Waals surface area (Å²) < 4.78 is 36.7. The fourth-order valence-corrected chi connectivity index (χ4v) is 6.01. The second-order valence-electron chi connectivity index (χ2n) is 14.4. The van der Waals surface area contributed by atoms with E-state index in [9.17, 15) is 18.4 Å². The zero-order valence-electron chi connectivity index (χ0n) is 31.8. The van der Waals surface area contributed by atoms with Gasteiger partial charge in [0.2, 0.25) is 11.9 Å². The summed E-state index contributed by atoms with van der Waals surface area (Å²) in [6.45, 7) is 16.3. The molecule has 296 valence electrons. The molecule has 12 nitrogen and oxygen atoms in total. The predicted octanol–water partition coefficient (Wildman–Crippen LogP) is 8.23. The van der Waals surface area contributed by atoms with Crippen molar-refractivity contribution in [2.75, 3.05) is 62.2 Å². The highest BCUT2D eigenvalue weighted by atomic mass is 79.9. The third-order valence-electron chi connectivity index (χ3n) is 7.53. The van der Waals surface area contributed by atoms with E-state index in [1.165, 1.54) is 36.0 Å². The summed E-state index contributed by atoms with van der Waals surface area (Å²) in [4.78, 5) is 51.6. The van der Waals surface area contributed by atoms with E-state index in [0.29, 0.717) is 64.3 Å². The first-order chi connectivity index (χ1) is 25.9. The molecule has 17 heteroatoms. The molecule has 4 heterocycles. The van der Waals surface area contributed by atoms with E-state index in [4.69, 9.17) is 9.47 Å². The topological polar surface area (TPSA) is 117 Å². The molecule has 2 saturated heterocycles. The number of piperazine rings is 2. The van der Waals surface area contributed by atoms with Gasteiger partial charge in [-0.25, -0.2) is 38.3 Å². The van der Waals surface area contributed by atoms with Crippen molar-refractivity contribution in [3.8, 4) is 0 Å². The van der Waals surface area contributed by atoms with Crippen LogP contribution in [0, 0.1) is 11.6 Å². The lowest BCUT2D eigenvalue weighted by Crippen LogP contribution is -2.50. The third-order valence-corrected chi connectivity index (χ3v) is 9.19. The molecule has 2 aromatic carbocycles. The standard InChI is InChI=1S/C19H23FN4O2S.C13H19BrN4O2.C6H5FS/c1-19(2,3)26-18(25)24-10-8-23(9-11-24)17-21-12-16(13-22-17)27-15-6-4-14(20)5-7-15;1-13(2,3)20-12(19)18-6-4-17(5-7-18)11-15-8-10(14)9-16-11;7-5-1-3-6(8)4-2-5/h4-7,12-13H,8-11H2,1-3H3;8-9H,4-7H2,1-3H3;1-4,8H. The molecular weight excluding hydrogens is 815 g/mol. The Morgan fingerprint density at radius 3 is 1.35 bits per heavy atom. The van der Waals surface area contributed by atoms with Crippen LogP contribution in [0.1, 0.15) is 41.5 Å². The normalized spacial score (nSPS) is 14.6. The smallest absolute Gasteiger partial charge is 0.410 e. The van der Waals surface area contributed by atoms with Gasteiger partial charge in [0.05, 0.1) is 4.47 Å². The van der Waals surface area contributed by atoms with Crippen molar-refractivity contribution in [1.82, 2.24) is 29.7 Å². The van der Waals surface area contributed by atoms with E-state index in [2.05, 4.69) is 53.4 Å². The Morgan fingerprint density at radius 2 is 0.982 bits per heavy atom. The predicted molar refractivity (Wildman–Crippen MR) is 216 cm³/mol. The van der Waals surface area contributed by atoms with Crippen LogP contribution in [0.2, 0.25) is 0 Å². The van der Waals surface area contributed by atoms with Gasteiger partial charge in [0.15, 0.2) is 0 Å². The van der Waals surface area contributed by atoms with Gasteiger partial charge in [-0.1, -0.05) is 11.8 Å². The van der Waals surface area contributed by atoms with E-state index in [1.54, 1.807) is 58.9 Å². The zero-order valence-corrected chi connectivity index (χ0v) is 35.1. The second-order valence-corrected chi connectivity index (χ2v) is 16.9. The van der Waals surface area contributed by atoms with Crippen LogP contribution in [0.5, 0.6) is 0 Å². The number of carbonyl (C=O) groups is 2. The summed E-state index contributed by atoms with van der Waals surface area (Å²) in [6.07, 6.45) is 6.43. The second kappa shape index (κ2) is 20.1. The average molecular weight is 862 g/mol. The van der Waals surface area contributed by atoms with Gasteiger partial charge in [-0.15, -0.1) is 12.6 Å². The summed E-state index contributed by atoms with van der Waals surface area (Å²) in [5.74, 6) is 0.860. The minimum absolute atomic E-state index is 0.220. The first-order valence-corrected chi connectivity index (χ1v) is 19.6. The van der Waals surface area contributed by atoms with Gasteiger partial charge in [0.25, 0.3) is 0 Å². The SMILES string of the molecule is CC(C)(C)OC(=O)N1CCN(c2ncc(Br)cn2)CC1.CC(C)(C)OC(=O)N1CCN(c2ncc(Sc3ccc(F)cc3)cn2)CC1.Fc1ccc(S)cc1. The van der Waals surface area contributed by atoms with Crippen LogP contribution >= 0.6 is 40.3 Å². The number of aromatic nitrogens is 4. The fraction of sp³-hybridized carbons (Fsp3) is 0.421. The number of halogens is 3. The van der Waals surface area contributed by atoms with Gasteiger partial charge in [-0.2, -0.15) is 0 Å². The van der Waals surface area contributed by atoms with E-state index in [-0.39, 0.29) is 23.8 Å². The number of hydrogen-bond donors (Lipinski definition) is 1. The summed E-state index contributed by atoms with van der Waals surface area (Å²) in [6, 6.07) is 12.3. The van der Waals surface area contributed by atoms with Gasteiger partial charge >= 0.3 is 12.2 Å². The van der Waals surface area contributed by atoms with Crippen molar-refractivity contribution < 1.29 is 27.8 Å². The molecule has 0 saturated carbocycles. The van der Waals surface area contributed by atoms with Gasteiger partial charge < -0.3 is 29.1 Å². The molecule has 0 radical (unpaired) electrons. The zero-order chi connectivity index (χ0) is 40.2. The molecular formula is C38H47BrF2N8O4S2. The van der Waals surface area contributed by atoms with Crippen LogP contribution in [0.3, 0.4) is 0 Å². The molecule has 2 amide bonds. The summed E-state index contributed by atoms with van der Waals surface area (Å²) >= 11 is 8.76. The quantitative estimate of drug-likeness (QED) is 0.200. The van der Waals surface area contributed by atoms with E-state index >= 15 is 0 Å². The van der Waals surface area contributed by atoms with Crippen LogP contribution in [-0.2, 0) is 9.47 Å². The largest absolute Gasteiger partial charge is 0.444 e. The third kappa shape index (κ3) is 15.4. The Hall–Kier alpha value is -4.22. The molecule has 0 bridgehead atoms. The maximum absolute atomic E-state index is 13.0. The summed E-state index contributed by atoms with van der Waals surface area (Å²) in [5.41, 5.74) is -0.946. The van der Waals surface area contributed by atoms with Gasteiger partial charge in [0.1, 0.15) is 22.8 Å². The minimum Gasteiger partial charge on any atom is -0.444 e. The maximum atomic E-state index is 13.0. The highest BCUT2D eigenvalue weighted by Gasteiger charge is 2.28. The molecule has 0 unspecified atom stereocenters. The summed E-state index contributed by atoms with van der Waals surface area (Å²) in [7, 11) is 0. The van der Waals surface area contributed by atoms with Crippen molar-refractivity contribution in [3.63, 3.8) is 0 Å². The van der Waals surface area contributed by atoms with Crippen molar-refractivity contribution in [1.29, 1.82) is 0 Å². The van der Waals surface area contributed by atoms with Crippen LogP contribution in [0.4, 0.5) is 30.3 Å². The molecule has 0 N–H and O–H groups in total. The Balaban J connectivity index is 0.000000209. The molecule has 6 rings (SSSR count). The number of thiol groups is 1. The van der Waals surface area contributed by atoms with Gasteiger partial charge in [0, 0.05) is 91.8 Å². The van der Waals surface area contributed by atoms with Crippen LogP contribution in [0.15, 0.2) is 92.5 Å². The van der Waals surface area contributed by atoms with Gasteiger partial charge in [-0.05, 0) is 106 Å². The fourth-order valence-electron chi connectivity index (χ4n) is 4.90. The van der Waals surface area contributed by atoms with Crippen molar-refractivity contribution in [2.24, 2.45) is 0 Å². The number of rotatable bonds is 4. The number of amides is 2. The van der Waals surface area contributed by atoms with Crippen LogP contribution in [-0.4, -0.2) is 105 Å². The molecule has 4 aromatic rings. The number of carbonyl (C=O) groups excluding carboxylic acids is 2. The lowest BCUT2D eigenvalue weighted by atomic mass is 10.2. The van der Waals surface area contributed by atoms with Crippen LogP contribution < -0.4 is 9.80 Å². The molecule has 2 aliphatic heterocycles. The first kappa shape index (κ1) is 43.5. The first-order valence-electron chi connectivity index (χ1n) is 17.6.